The lowest BCUT2D eigenvalue weighted by atomic mass is 10.1. The van der Waals surface area contributed by atoms with Crippen molar-refractivity contribution < 1.29 is 14.3 Å². The Labute approximate surface area is 174 Å². The van der Waals surface area contributed by atoms with Gasteiger partial charge < -0.3 is 15.4 Å². The molecule has 1 heterocycles. The van der Waals surface area contributed by atoms with Crippen molar-refractivity contribution in [2.45, 2.75) is 39.0 Å². The van der Waals surface area contributed by atoms with E-state index >= 15 is 0 Å². The Morgan fingerprint density at radius 1 is 1.21 bits per heavy atom. The lowest BCUT2D eigenvalue weighted by molar-refractivity contribution is -0.115. The second kappa shape index (κ2) is 10.0. The van der Waals surface area contributed by atoms with Gasteiger partial charge in [-0.2, -0.15) is 0 Å². The van der Waals surface area contributed by atoms with Gasteiger partial charge in [-0.3, -0.25) is 9.59 Å². The van der Waals surface area contributed by atoms with Gasteiger partial charge in [0, 0.05) is 29.7 Å². The van der Waals surface area contributed by atoms with Gasteiger partial charge in [-0.05, 0) is 55.9 Å². The standard InChI is InChI=1S/C21H25ClN2O3S/c1-2-27-12-4-11-23-20(26)19-16-5-3-6-17(16)28-21(19)24-18(25)13-14-7-9-15(22)10-8-14/h7-10H,2-6,11-13H2,1H3,(H,23,26)(H,24,25). The van der Waals surface area contributed by atoms with Crippen LogP contribution in [-0.2, 0) is 28.8 Å². The van der Waals surface area contributed by atoms with Gasteiger partial charge in [0.2, 0.25) is 5.91 Å². The summed E-state index contributed by atoms with van der Waals surface area (Å²) >= 11 is 7.42. The largest absolute Gasteiger partial charge is 0.382 e. The fourth-order valence-corrected chi connectivity index (χ4v) is 4.73. The van der Waals surface area contributed by atoms with Gasteiger partial charge >= 0.3 is 0 Å². The van der Waals surface area contributed by atoms with E-state index in [9.17, 15) is 9.59 Å². The van der Waals surface area contributed by atoms with Crippen LogP contribution in [0.15, 0.2) is 24.3 Å². The number of rotatable bonds is 9. The molecule has 2 aromatic rings. The average Bonchev–Trinajstić information content (AvgIpc) is 3.24. The fourth-order valence-electron chi connectivity index (χ4n) is 3.30. The minimum atomic E-state index is -0.132. The number of hydrogen-bond acceptors (Lipinski definition) is 4. The van der Waals surface area contributed by atoms with Crippen molar-refractivity contribution in [3.63, 3.8) is 0 Å². The van der Waals surface area contributed by atoms with E-state index in [1.807, 2.05) is 19.1 Å². The van der Waals surface area contributed by atoms with Crippen LogP contribution in [0.1, 0.15) is 46.1 Å². The molecule has 3 rings (SSSR count). The highest BCUT2D eigenvalue weighted by atomic mass is 35.5. The summed E-state index contributed by atoms with van der Waals surface area (Å²) in [7, 11) is 0. The number of amides is 2. The molecule has 5 nitrogen and oxygen atoms in total. The molecule has 0 aliphatic heterocycles. The number of ether oxygens (including phenoxy) is 1. The van der Waals surface area contributed by atoms with Gasteiger partial charge in [-0.1, -0.05) is 23.7 Å². The molecule has 2 amide bonds. The van der Waals surface area contributed by atoms with Gasteiger partial charge in [0.05, 0.1) is 12.0 Å². The molecule has 0 bridgehead atoms. The summed E-state index contributed by atoms with van der Waals surface area (Å²) in [6, 6.07) is 7.21. The average molecular weight is 421 g/mol. The van der Waals surface area contributed by atoms with E-state index in [0.717, 1.165) is 36.8 Å². The van der Waals surface area contributed by atoms with Crippen molar-refractivity contribution in [3.05, 3.63) is 50.9 Å². The van der Waals surface area contributed by atoms with E-state index in [2.05, 4.69) is 10.6 Å². The lowest BCUT2D eigenvalue weighted by Crippen LogP contribution is -2.27. The summed E-state index contributed by atoms with van der Waals surface area (Å²) in [6.45, 7) is 3.81. The van der Waals surface area contributed by atoms with Crippen molar-refractivity contribution in [2.75, 3.05) is 25.1 Å². The molecule has 2 N–H and O–H groups in total. The molecule has 150 valence electrons. The molecule has 1 aliphatic rings. The molecule has 0 radical (unpaired) electrons. The van der Waals surface area contributed by atoms with Gasteiger partial charge in [0.1, 0.15) is 5.00 Å². The van der Waals surface area contributed by atoms with Crippen LogP contribution in [0.2, 0.25) is 5.02 Å². The van der Waals surface area contributed by atoms with Crippen LogP contribution in [0.4, 0.5) is 5.00 Å². The molecule has 0 unspecified atom stereocenters. The first-order valence-corrected chi connectivity index (χ1v) is 10.8. The summed E-state index contributed by atoms with van der Waals surface area (Å²) in [6.07, 6.45) is 3.93. The molecule has 1 aromatic heterocycles. The first-order chi connectivity index (χ1) is 13.6. The van der Waals surface area contributed by atoms with Crippen molar-refractivity contribution in [3.8, 4) is 0 Å². The lowest BCUT2D eigenvalue weighted by Gasteiger charge is -2.10. The zero-order chi connectivity index (χ0) is 19.9. The normalized spacial score (nSPS) is 12.6. The molecular formula is C21H25ClN2O3S. The number of nitrogens with one attached hydrogen (secondary N) is 2. The van der Waals surface area contributed by atoms with Crippen LogP contribution in [0.3, 0.4) is 0 Å². The van der Waals surface area contributed by atoms with E-state index in [0.29, 0.717) is 35.3 Å². The van der Waals surface area contributed by atoms with E-state index < -0.39 is 0 Å². The second-order valence-electron chi connectivity index (χ2n) is 6.72. The quantitative estimate of drug-likeness (QED) is 0.596. The Balaban J connectivity index is 1.66. The summed E-state index contributed by atoms with van der Waals surface area (Å²) in [4.78, 5) is 26.5. The highest BCUT2D eigenvalue weighted by Crippen LogP contribution is 2.39. The number of benzene rings is 1. The summed E-state index contributed by atoms with van der Waals surface area (Å²) in [5.41, 5.74) is 2.61. The minimum Gasteiger partial charge on any atom is -0.382 e. The molecule has 0 spiro atoms. The van der Waals surface area contributed by atoms with E-state index in [1.165, 1.54) is 16.2 Å². The number of aryl methyl sites for hydroxylation is 1. The third-order valence-corrected chi connectivity index (χ3v) is 6.09. The molecule has 7 heteroatoms. The van der Waals surface area contributed by atoms with Crippen LogP contribution in [0, 0.1) is 0 Å². The number of fused-ring (bicyclic) bond motifs is 1. The second-order valence-corrected chi connectivity index (χ2v) is 8.26. The topological polar surface area (TPSA) is 67.4 Å². The Bertz CT molecular complexity index is 833. The first kappa shape index (κ1) is 20.8. The third kappa shape index (κ3) is 5.34. The van der Waals surface area contributed by atoms with Gasteiger partial charge in [-0.15, -0.1) is 11.3 Å². The minimum absolute atomic E-state index is 0.113. The molecule has 1 aromatic carbocycles. The SMILES string of the molecule is CCOCCCNC(=O)c1c(NC(=O)Cc2ccc(Cl)cc2)sc2c1CCC2. The van der Waals surface area contributed by atoms with Crippen LogP contribution in [0.5, 0.6) is 0 Å². The number of thiophene rings is 1. The first-order valence-electron chi connectivity index (χ1n) is 9.63. The number of anilines is 1. The monoisotopic (exact) mass is 420 g/mol. The number of hydrogen-bond donors (Lipinski definition) is 2. The van der Waals surface area contributed by atoms with Crippen molar-refractivity contribution in [1.82, 2.24) is 5.32 Å². The zero-order valence-corrected chi connectivity index (χ0v) is 17.5. The molecule has 0 atom stereocenters. The number of carbonyl (C=O) groups is 2. The van der Waals surface area contributed by atoms with Crippen molar-refractivity contribution >= 4 is 39.8 Å². The van der Waals surface area contributed by atoms with Crippen LogP contribution in [0.25, 0.3) is 0 Å². The Kier molecular flexibility index (Phi) is 7.48. The maximum atomic E-state index is 12.8. The molecule has 0 saturated heterocycles. The maximum absolute atomic E-state index is 12.8. The molecule has 0 saturated carbocycles. The Morgan fingerprint density at radius 2 is 2.00 bits per heavy atom. The maximum Gasteiger partial charge on any atom is 0.254 e. The van der Waals surface area contributed by atoms with Gasteiger partial charge in [0.15, 0.2) is 0 Å². The van der Waals surface area contributed by atoms with Crippen LogP contribution >= 0.6 is 22.9 Å². The van der Waals surface area contributed by atoms with Crippen LogP contribution in [-0.4, -0.2) is 31.6 Å². The third-order valence-electron chi connectivity index (χ3n) is 4.63. The fraction of sp³-hybridized carbons (Fsp3) is 0.429. The molecule has 28 heavy (non-hydrogen) atoms. The van der Waals surface area contributed by atoms with Gasteiger partial charge in [0.25, 0.3) is 5.91 Å². The molecule has 0 fully saturated rings. The van der Waals surface area contributed by atoms with E-state index in [-0.39, 0.29) is 18.2 Å². The van der Waals surface area contributed by atoms with E-state index in [1.54, 1.807) is 12.1 Å². The summed E-state index contributed by atoms with van der Waals surface area (Å²) < 4.78 is 5.31. The predicted octanol–water partition coefficient (Wildman–Crippen LogP) is 4.23. The van der Waals surface area contributed by atoms with Crippen LogP contribution < -0.4 is 10.6 Å². The predicted molar refractivity (Wildman–Crippen MR) is 114 cm³/mol. The van der Waals surface area contributed by atoms with Crippen molar-refractivity contribution in [2.24, 2.45) is 0 Å². The number of halogens is 1. The highest BCUT2D eigenvalue weighted by molar-refractivity contribution is 7.17. The number of carbonyl (C=O) groups excluding carboxylic acids is 2. The summed E-state index contributed by atoms with van der Waals surface area (Å²) in [5, 5.41) is 7.22. The van der Waals surface area contributed by atoms with Crippen molar-refractivity contribution in [1.29, 1.82) is 0 Å². The molecule has 1 aliphatic carbocycles. The highest BCUT2D eigenvalue weighted by Gasteiger charge is 2.27. The Hall–Kier alpha value is -1.89. The Morgan fingerprint density at radius 3 is 2.75 bits per heavy atom. The smallest absolute Gasteiger partial charge is 0.254 e. The zero-order valence-electron chi connectivity index (χ0n) is 16.0. The molecular weight excluding hydrogens is 396 g/mol. The summed E-state index contributed by atoms with van der Waals surface area (Å²) in [5.74, 6) is -0.245. The van der Waals surface area contributed by atoms with E-state index in [4.69, 9.17) is 16.3 Å². The van der Waals surface area contributed by atoms with Gasteiger partial charge in [-0.25, -0.2) is 0 Å².